The molecule has 0 saturated heterocycles. The Morgan fingerprint density at radius 3 is 2.26 bits per heavy atom. The summed E-state index contributed by atoms with van der Waals surface area (Å²) in [6, 6.07) is 8.42. The van der Waals surface area contributed by atoms with Gasteiger partial charge in [0.25, 0.3) is 0 Å². The molecular weight excluding hydrogens is 236 g/mol. The smallest absolute Gasteiger partial charge is 0.227 e. The molecule has 0 atom stereocenters. The second-order valence-electron chi connectivity index (χ2n) is 5.88. The van der Waals surface area contributed by atoms with Crippen molar-refractivity contribution in [1.29, 1.82) is 0 Å². The van der Waals surface area contributed by atoms with E-state index in [0.717, 1.165) is 31.4 Å². The fourth-order valence-electron chi connectivity index (χ4n) is 2.58. The zero-order chi connectivity index (χ0) is 13.8. The van der Waals surface area contributed by atoms with E-state index >= 15 is 0 Å². The summed E-state index contributed by atoms with van der Waals surface area (Å²) in [5.41, 5.74) is 8.05. The van der Waals surface area contributed by atoms with Crippen LogP contribution in [-0.4, -0.2) is 11.9 Å². The molecule has 0 aliphatic heterocycles. The van der Waals surface area contributed by atoms with Crippen LogP contribution in [0.5, 0.6) is 0 Å². The summed E-state index contributed by atoms with van der Waals surface area (Å²) < 4.78 is 0. The Balaban J connectivity index is 1.91. The Labute approximate surface area is 115 Å². The third kappa shape index (κ3) is 3.80. The van der Waals surface area contributed by atoms with Crippen molar-refractivity contribution in [2.24, 2.45) is 11.7 Å². The predicted octanol–water partition coefficient (Wildman–Crippen LogP) is 3.27. The summed E-state index contributed by atoms with van der Waals surface area (Å²) in [6.07, 6.45) is 3.75. The van der Waals surface area contributed by atoms with Crippen molar-refractivity contribution in [3.63, 3.8) is 0 Å². The van der Waals surface area contributed by atoms with E-state index in [0.29, 0.717) is 5.92 Å². The lowest BCUT2D eigenvalue weighted by atomic mass is 9.86. The van der Waals surface area contributed by atoms with E-state index in [-0.39, 0.29) is 17.9 Å². The quantitative estimate of drug-likeness (QED) is 0.876. The Morgan fingerprint density at radius 2 is 1.74 bits per heavy atom. The van der Waals surface area contributed by atoms with Crippen molar-refractivity contribution in [2.75, 3.05) is 5.32 Å². The normalized spacial score (nSPS) is 23.4. The first-order chi connectivity index (χ1) is 9.06. The Kier molecular flexibility index (Phi) is 4.59. The summed E-state index contributed by atoms with van der Waals surface area (Å²) in [5, 5.41) is 3.01. The molecular formula is C16H24N2O. The maximum absolute atomic E-state index is 12.1. The Bertz CT molecular complexity index is 417. The van der Waals surface area contributed by atoms with Crippen LogP contribution in [0.1, 0.15) is 51.0 Å². The molecule has 2 rings (SSSR count). The maximum atomic E-state index is 12.1. The number of carbonyl (C=O) groups is 1. The summed E-state index contributed by atoms with van der Waals surface area (Å²) in [4.78, 5) is 12.1. The average molecular weight is 260 g/mol. The van der Waals surface area contributed by atoms with Crippen molar-refractivity contribution >= 4 is 11.6 Å². The molecule has 0 unspecified atom stereocenters. The molecule has 1 aliphatic carbocycles. The maximum Gasteiger partial charge on any atom is 0.227 e. The van der Waals surface area contributed by atoms with Crippen molar-refractivity contribution in [2.45, 2.75) is 51.5 Å². The molecule has 3 heteroatoms. The van der Waals surface area contributed by atoms with Crippen LogP contribution < -0.4 is 11.1 Å². The second kappa shape index (κ2) is 6.20. The molecule has 1 fully saturated rings. The van der Waals surface area contributed by atoms with Crippen molar-refractivity contribution < 1.29 is 4.79 Å². The van der Waals surface area contributed by atoms with E-state index in [9.17, 15) is 4.79 Å². The topological polar surface area (TPSA) is 55.1 Å². The number of amides is 1. The lowest BCUT2D eigenvalue weighted by Crippen LogP contribution is -2.32. The highest BCUT2D eigenvalue weighted by molar-refractivity contribution is 5.92. The third-order valence-electron chi connectivity index (χ3n) is 3.99. The molecule has 0 spiro atoms. The van der Waals surface area contributed by atoms with Gasteiger partial charge in [-0.05, 0) is 49.3 Å². The van der Waals surface area contributed by atoms with Gasteiger partial charge < -0.3 is 11.1 Å². The van der Waals surface area contributed by atoms with E-state index in [2.05, 4.69) is 31.3 Å². The molecule has 1 aliphatic rings. The monoisotopic (exact) mass is 260 g/mol. The van der Waals surface area contributed by atoms with Crippen molar-refractivity contribution in [3.8, 4) is 0 Å². The zero-order valence-electron chi connectivity index (χ0n) is 11.9. The molecule has 1 saturated carbocycles. The summed E-state index contributed by atoms with van der Waals surface area (Å²) in [7, 11) is 0. The van der Waals surface area contributed by atoms with Crippen LogP contribution in [0.2, 0.25) is 0 Å². The van der Waals surface area contributed by atoms with Crippen LogP contribution in [0.25, 0.3) is 0 Å². The SMILES string of the molecule is CC(C)c1ccc(NC(=O)C2CCC(N)CC2)cc1. The predicted molar refractivity (Wildman–Crippen MR) is 79.1 cm³/mol. The summed E-state index contributed by atoms with van der Waals surface area (Å²) in [5.74, 6) is 0.790. The van der Waals surface area contributed by atoms with E-state index < -0.39 is 0 Å². The molecule has 3 N–H and O–H groups in total. The molecule has 0 radical (unpaired) electrons. The van der Waals surface area contributed by atoms with Gasteiger partial charge in [0.05, 0.1) is 0 Å². The lowest BCUT2D eigenvalue weighted by Gasteiger charge is -2.25. The lowest BCUT2D eigenvalue weighted by molar-refractivity contribution is -0.120. The third-order valence-corrected chi connectivity index (χ3v) is 3.99. The fourth-order valence-corrected chi connectivity index (χ4v) is 2.58. The highest BCUT2D eigenvalue weighted by Crippen LogP contribution is 2.25. The van der Waals surface area contributed by atoms with Gasteiger partial charge in [-0.25, -0.2) is 0 Å². The zero-order valence-corrected chi connectivity index (χ0v) is 11.9. The summed E-state index contributed by atoms with van der Waals surface area (Å²) in [6.45, 7) is 4.33. The number of hydrogen-bond acceptors (Lipinski definition) is 2. The number of nitrogens with two attached hydrogens (primary N) is 1. The molecule has 1 aromatic carbocycles. The van der Waals surface area contributed by atoms with Crippen LogP contribution >= 0.6 is 0 Å². The van der Waals surface area contributed by atoms with Gasteiger partial charge >= 0.3 is 0 Å². The van der Waals surface area contributed by atoms with Gasteiger partial charge in [-0.15, -0.1) is 0 Å². The van der Waals surface area contributed by atoms with E-state index in [1.54, 1.807) is 0 Å². The second-order valence-corrected chi connectivity index (χ2v) is 5.88. The highest BCUT2D eigenvalue weighted by Gasteiger charge is 2.24. The summed E-state index contributed by atoms with van der Waals surface area (Å²) >= 11 is 0. The minimum Gasteiger partial charge on any atom is -0.328 e. The molecule has 104 valence electrons. The number of nitrogens with one attached hydrogen (secondary N) is 1. The van der Waals surface area contributed by atoms with Gasteiger partial charge in [-0.3, -0.25) is 4.79 Å². The first-order valence-electron chi connectivity index (χ1n) is 7.22. The van der Waals surface area contributed by atoms with Gasteiger partial charge in [0, 0.05) is 17.6 Å². The van der Waals surface area contributed by atoms with Gasteiger partial charge in [0.15, 0.2) is 0 Å². The molecule has 0 aromatic heterocycles. The van der Waals surface area contributed by atoms with Crippen molar-refractivity contribution in [1.82, 2.24) is 0 Å². The Morgan fingerprint density at radius 1 is 1.16 bits per heavy atom. The first kappa shape index (κ1) is 14.1. The van der Waals surface area contributed by atoms with Gasteiger partial charge in [-0.2, -0.15) is 0 Å². The molecule has 0 bridgehead atoms. The minimum absolute atomic E-state index is 0.129. The average Bonchev–Trinajstić information content (AvgIpc) is 2.40. The molecule has 19 heavy (non-hydrogen) atoms. The number of rotatable bonds is 3. The van der Waals surface area contributed by atoms with Gasteiger partial charge in [0.2, 0.25) is 5.91 Å². The van der Waals surface area contributed by atoms with Gasteiger partial charge in [-0.1, -0.05) is 26.0 Å². The number of anilines is 1. The van der Waals surface area contributed by atoms with Gasteiger partial charge in [0.1, 0.15) is 0 Å². The van der Waals surface area contributed by atoms with Crippen LogP contribution in [0.15, 0.2) is 24.3 Å². The number of hydrogen-bond donors (Lipinski definition) is 2. The molecule has 3 nitrogen and oxygen atoms in total. The van der Waals surface area contributed by atoms with Crippen LogP contribution in [0, 0.1) is 5.92 Å². The molecule has 0 heterocycles. The number of carbonyl (C=O) groups excluding carboxylic acids is 1. The number of benzene rings is 1. The van der Waals surface area contributed by atoms with Crippen molar-refractivity contribution in [3.05, 3.63) is 29.8 Å². The largest absolute Gasteiger partial charge is 0.328 e. The van der Waals surface area contributed by atoms with Crippen LogP contribution in [-0.2, 0) is 4.79 Å². The highest BCUT2D eigenvalue weighted by atomic mass is 16.1. The van der Waals surface area contributed by atoms with Crippen LogP contribution in [0.3, 0.4) is 0 Å². The molecule has 1 amide bonds. The Hall–Kier alpha value is -1.35. The first-order valence-corrected chi connectivity index (χ1v) is 7.22. The van der Waals surface area contributed by atoms with E-state index in [4.69, 9.17) is 5.73 Å². The van der Waals surface area contributed by atoms with E-state index in [1.807, 2.05) is 12.1 Å². The van der Waals surface area contributed by atoms with Crippen LogP contribution in [0.4, 0.5) is 5.69 Å². The van der Waals surface area contributed by atoms with E-state index in [1.165, 1.54) is 5.56 Å². The fraction of sp³-hybridized carbons (Fsp3) is 0.562. The standard InChI is InChI=1S/C16H24N2O/c1-11(2)12-5-9-15(10-6-12)18-16(19)13-3-7-14(17)8-4-13/h5-6,9-11,13-14H,3-4,7-8,17H2,1-2H3,(H,18,19). The minimum atomic E-state index is 0.129. The molecule has 1 aromatic rings.